The summed E-state index contributed by atoms with van der Waals surface area (Å²) in [7, 11) is 0. The highest BCUT2D eigenvalue weighted by Crippen LogP contribution is 2.27. The first-order valence-corrected chi connectivity index (χ1v) is 7.84. The second kappa shape index (κ2) is 5.72. The van der Waals surface area contributed by atoms with Gasteiger partial charge >= 0.3 is 0 Å². The summed E-state index contributed by atoms with van der Waals surface area (Å²) in [5, 5.41) is 10.8. The fourth-order valence-corrected chi connectivity index (χ4v) is 3.44. The fourth-order valence-electron chi connectivity index (χ4n) is 3.44. The summed E-state index contributed by atoms with van der Waals surface area (Å²) < 4.78 is 0. The van der Waals surface area contributed by atoms with Crippen molar-refractivity contribution in [3.8, 4) is 0 Å². The van der Waals surface area contributed by atoms with Crippen LogP contribution >= 0.6 is 0 Å². The van der Waals surface area contributed by atoms with Crippen LogP contribution in [0.25, 0.3) is 0 Å². The molecule has 2 aliphatic heterocycles. The van der Waals surface area contributed by atoms with Crippen molar-refractivity contribution in [2.24, 2.45) is 0 Å². The minimum absolute atomic E-state index is 0.0880. The van der Waals surface area contributed by atoms with Crippen molar-refractivity contribution in [2.75, 3.05) is 19.6 Å². The third-order valence-electron chi connectivity index (χ3n) is 4.73. The van der Waals surface area contributed by atoms with Gasteiger partial charge in [-0.05, 0) is 30.4 Å². The van der Waals surface area contributed by atoms with E-state index in [1.165, 1.54) is 12.5 Å². The van der Waals surface area contributed by atoms with Crippen LogP contribution in [-0.4, -0.2) is 52.0 Å². The van der Waals surface area contributed by atoms with Gasteiger partial charge in [-0.15, -0.1) is 0 Å². The zero-order valence-corrected chi connectivity index (χ0v) is 12.9. The van der Waals surface area contributed by atoms with Crippen molar-refractivity contribution < 1.29 is 14.7 Å². The van der Waals surface area contributed by atoms with E-state index in [0.29, 0.717) is 32.5 Å². The lowest BCUT2D eigenvalue weighted by molar-refractivity contribution is -0.160. The summed E-state index contributed by atoms with van der Waals surface area (Å²) in [5.41, 5.74) is 0.980. The molecular formula is C17H22N2O3. The molecular weight excluding hydrogens is 280 g/mol. The average molecular weight is 302 g/mol. The molecule has 1 unspecified atom stereocenters. The van der Waals surface area contributed by atoms with Crippen molar-refractivity contribution >= 4 is 11.8 Å². The number of likely N-dealkylation sites (tertiary alicyclic amines) is 1. The smallest absolute Gasteiger partial charge is 0.256 e. The third-order valence-corrected chi connectivity index (χ3v) is 4.73. The molecule has 0 bridgehead atoms. The highest BCUT2D eigenvalue weighted by Gasteiger charge is 2.43. The van der Waals surface area contributed by atoms with Crippen LogP contribution in [0, 0.1) is 0 Å². The van der Waals surface area contributed by atoms with E-state index in [2.05, 4.69) is 6.07 Å². The van der Waals surface area contributed by atoms with Crippen LogP contribution in [0.4, 0.5) is 0 Å². The van der Waals surface area contributed by atoms with Gasteiger partial charge in [-0.2, -0.15) is 0 Å². The van der Waals surface area contributed by atoms with E-state index >= 15 is 0 Å². The zero-order valence-electron chi connectivity index (χ0n) is 12.9. The van der Waals surface area contributed by atoms with E-state index in [9.17, 15) is 14.7 Å². The lowest BCUT2D eigenvalue weighted by Crippen LogP contribution is -2.59. The molecule has 1 fully saturated rings. The number of carbonyl (C=O) groups is 2. The first kappa shape index (κ1) is 15.0. The Hall–Kier alpha value is -1.88. The predicted molar refractivity (Wildman–Crippen MR) is 82.0 cm³/mol. The molecule has 118 valence electrons. The molecule has 0 aromatic heterocycles. The summed E-state index contributed by atoms with van der Waals surface area (Å²) in [6.07, 6.45) is 1.90. The summed E-state index contributed by atoms with van der Waals surface area (Å²) in [5.74, 6) is -0.331. The SMILES string of the molecule is CC(=O)N1CCCC(O)(C(=O)N2CCc3ccccc3C2)C1. The van der Waals surface area contributed by atoms with Gasteiger partial charge in [-0.1, -0.05) is 24.3 Å². The molecule has 5 heteroatoms. The minimum atomic E-state index is -1.43. The highest BCUT2D eigenvalue weighted by atomic mass is 16.3. The number of benzene rings is 1. The van der Waals surface area contributed by atoms with Gasteiger partial charge in [0.1, 0.15) is 0 Å². The van der Waals surface area contributed by atoms with Gasteiger partial charge in [0, 0.05) is 26.6 Å². The molecule has 2 heterocycles. The molecule has 0 spiro atoms. The number of fused-ring (bicyclic) bond motifs is 1. The maximum Gasteiger partial charge on any atom is 0.256 e. The Morgan fingerprint density at radius 1 is 1.14 bits per heavy atom. The maximum absolute atomic E-state index is 12.8. The summed E-state index contributed by atoms with van der Waals surface area (Å²) in [4.78, 5) is 27.6. The lowest BCUT2D eigenvalue weighted by atomic mass is 9.89. The number of nitrogens with zero attached hydrogens (tertiary/aromatic N) is 2. The third kappa shape index (κ3) is 2.73. The molecule has 1 aromatic rings. The predicted octanol–water partition coefficient (Wildman–Crippen LogP) is 0.945. The summed E-state index contributed by atoms with van der Waals surface area (Å²) in [6.45, 7) is 3.37. The van der Waals surface area contributed by atoms with Crippen LogP contribution < -0.4 is 0 Å². The number of amides is 2. The van der Waals surface area contributed by atoms with Crippen molar-refractivity contribution in [3.05, 3.63) is 35.4 Å². The van der Waals surface area contributed by atoms with Crippen molar-refractivity contribution in [3.63, 3.8) is 0 Å². The van der Waals surface area contributed by atoms with E-state index in [1.807, 2.05) is 18.2 Å². The molecule has 0 radical (unpaired) electrons. The monoisotopic (exact) mass is 302 g/mol. The average Bonchev–Trinajstić information content (AvgIpc) is 2.53. The molecule has 0 saturated carbocycles. The molecule has 2 aliphatic rings. The second-order valence-electron chi connectivity index (χ2n) is 6.32. The topological polar surface area (TPSA) is 60.9 Å². The van der Waals surface area contributed by atoms with Gasteiger partial charge in [-0.3, -0.25) is 9.59 Å². The van der Waals surface area contributed by atoms with Gasteiger partial charge in [0.25, 0.3) is 5.91 Å². The van der Waals surface area contributed by atoms with Crippen LogP contribution in [0.1, 0.15) is 30.9 Å². The molecule has 0 aliphatic carbocycles. The Morgan fingerprint density at radius 2 is 1.86 bits per heavy atom. The van der Waals surface area contributed by atoms with Gasteiger partial charge in [0.2, 0.25) is 5.91 Å². The summed E-state index contributed by atoms with van der Waals surface area (Å²) >= 11 is 0. The van der Waals surface area contributed by atoms with Crippen molar-refractivity contribution in [1.29, 1.82) is 0 Å². The quantitative estimate of drug-likeness (QED) is 0.840. The molecule has 1 N–H and O–H groups in total. The fraction of sp³-hybridized carbons (Fsp3) is 0.529. The number of hydrogen-bond donors (Lipinski definition) is 1. The Morgan fingerprint density at radius 3 is 2.59 bits per heavy atom. The number of β-amino-alcohol motifs (C(OH)–C–C–N with tert-alkyl or cyclic N) is 1. The van der Waals surface area contributed by atoms with E-state index in [4.69, 9.17) is 0 Å². The van der Waals surface area contributed by atoms with E-state index in [1.54, 1.807) is 9.80 Å². The maximum atomic E-state index is 12.8. The lowest BCUT2D eigenvalue weighted by Gasteiger charge is -2.41. The Labute approximate surface area is 130 Å². The van der Waals surface area contributed by atoms with E-state index < -0.39 is 5.60 Å². The number of rotatable bonds is 1. The Kier molecular flexibility index (Phi) is 3.91. The van der Waals surface area contributed by atoms with Crippen molar-refractivity contribution in [1.82, 2.24) is 9.80 Å². The van der Waals surface area contributed by atoms with Crippen LogP contribution in [-0.2, 0) is 22.6 Å². The van der Waals surface area contributed by atoms with Crippen LogP contribution in [0.2, 0.25) is 0 Å². The molecule has 3 rings (SSSR count). The summed E-state index contributed by atoms with van der Waals surface area (Å²) in [6, 6.07) is 8.10. The Bertz CT molecular complexity index is 601. The van der Waals surface area contributed by atoms with Gasteiger partial charge in [0.15, 0.2) is 5.60 Å². The van der Waals surface area contributed by atoms with Gasteiger partial charge in [0.05, 0.1) is 6.54 Å². The standard InChI is InChI=1S/C17H22N2O3/c1-13(20)19-9-4-8-17(22,12-19)16(21)18-10-7-14-5-2-3-6-15(14)11-18/h2-3,5-6,22H,4,7-12H2,1H3. The van der Waals surface area contributed by atoms with Crippen LogP contribution in [0.5, 0.6) is 0 Å². The normalized spacial score (nSPS) is 24.8. The number of piperidine rings is 1. The molecule has 1 saturated heterocycles. The van der Waals surface area contributed by atoms with E-state index in [0.717, 1.165) is 12.0 Å². The van der Waals surface area contributed by atoms with E-state index in [-0.39, 0.29) is 18.4 Å². The van der Waals surface area contributed by atoms with Crippen molar-refractivity contribution in [2.45, 2.75) is 38.3 Å². The van der Waals surface area contributed by atoms with Gasteiger partial charge in [-0.25, -0.2) is 0 Å². The first-order chi connectivity index (χ1) is 10.5. The first-order valence-electron chi connectivity index (χ1n) is 7.84. The molecule has 1 aromatic carbocycles. The molecule has 2 amide bonds. The Balaban J connectivity index is 1.75. The molecule has 5 nitrogen and oxygen atoms in total. The minimum Gasteiger partial charge on any atom is -0.378 e. The molecule has 22 heavy (non-hydrogen) atoms. The highest BCUT2D eigenvalue weighted by molar-refractivity contribution is 5.86. The van der Waals surface area contributed by atoms with Gasteiger partial charge < -0.3 is 14.9 Å². The zero-order chi connectivity index (χ0) is 15.7. The number of aliphatic hydroxyl groups is 1. The van der Waals surface area contributed by atoms with Crippen LogP contribution in [0.3, 0.4) is 0 Å². The number of hydrogen-bond acceptors (Lipinski definition) is 3. The molecule has 1 atom stereocenters. The number of carbonyl (C=O) groups excluding carboxylic acids is 2. The largest absolute Gasteiger partial charge is 0.378 e. The second-order valence-corrected chi connectivity index (χ2v) is 6.32. The van der Waals surface area contributed by atoms with Crippen LogP contribution in [0.15, 0.2) is 24.3 Å².